The van der Waals surface area contributed by atoms with Crippen LogP contribution in [0, 0.1) is 6.92 Å². The number of amides is 1. The summed E-state index contributed by atoms with van der Waals surface area (Å²) in [4.78, 5) is 16.6. The van der Waals surface area contributed by atoms with Crippen LogP contribution in [0.25, 0.3) is 5.65 Å². The highest BCUT2D eigenvalue weighted by atomic mass is 16.5. The van der Waals surface area contributed by atoms with Crippen molar-refractivity contribution < 1.29 is 9.53 Å². The van der Waals surface area contributed by atoms with E-state index in [1.165, 1.54) is 0 Å². The molecule has 5 heteroatoms. The van der Waals surface area contributed by atoms with E-state index in [4.69, 9.17) is 4.74 Å². The van der Waals surface area contributed by atoms with E-state index < -0.39 is 0 Å². The number of hydrogen-bond acceptors (Lipinski definition) is 3. The summed E-state index contributed by atoms with van der Waals surface area (Å²) in [6.45, 7) is 2.40. The predicted octanol–water partition coefficient (Wildman–Crippen LogP) is 2.58. The van der Waals surface area contributed by atoms with Gasteiger partial charge in [-0.3, -0.25) is 4.79 Å². The molecule has 5 nitrogen and oxygen atoms in total. The lowest BCUT2D eigenvalue weighted by Gasteiger charge is -2.06. The fourth-order valence-corrected chi connectivity index (χ4v) is 2.28. The fourth-order valence-electron chi connectivity index (χ4n) is 2.28. The minimum absolute atomic E-state index is 0.112. The monoisotopic (exact) mass is 295 g/mol. The van der Waals surface area contributed by atoms with E-state index in [1.807, 2.05) is 48.0 Å². The van der Waals surface area contributed by atoms with Gasteiger partial charge >= 0.3 is 0 Å². The summed E-state index contributed by atoms with van der Waals surface area (Å²) in [6.07, 6.45) is 3.77. The number of carbonyl (C=O) groups excluding carboxylic acids is 1. The van der Waals surface area contributed by atoms with E-state index in [9.17, 15) is 4.79 Å². The molecular formula is C17H17N3O2. The van der Waals surface area contributed by atoms with E-state index in [0.29, 0.717) is 12.1 Å². The van der Waals surface area contributed by atoms with Crippen molar-refractivity contribution >= 4 is 11.6 Å². The molecule has 1 N–H and O–H groups in total. The average molecular weight is 295 g/mol. The Morgan fingerprint density at radius 2 is 2.05 bits per heavy atom. The molecule has 0 bridgehead atoms. The summed E-state index contributed by atoms with van der Waals surface area (Å²) in [6, 6.07) is 11.2. The van der Waals surface area contributed by atoms with Crippen molar-refractivity contribution in [2.45, 2.75) is 13.5 Å². The van der Waals surface area contributed by atoms with Crippen LogP contribution in [-0.4, -0.2) is 22.4 Å². The van der Waals surface area contributed by atoms with Crippen molar-refractivity contribution in [1.29, 1.82) is 0 Å². The van der Waals surface area contributed by atoms with Gasteiger partial charge in [0.15, 0.2) is 0 Å². The number of pyridine rings is 1. The number of rotatable bonds is 4. The van der Waals surface area contributed by atoms with Crippen LogP contribution in [0.5, 0.6) is 5.75 Å². The molecule has 0 spiro atoms. The molecule has 0 unspecified atom stereocenters. The van der Waals surface area contributed by atoms with Crippen LogP contribution >= 0.6 is 0 Å². The number of fused-ring (bicyclic) bond motifs is 1. The number of nitrogens with one attached hydrogen (secondary N) is 1. The summed E-state index contributed by atoms with van der Waals surface area (Å²) < 4.78 is 7.01. The first-order chi connectivity index (χ1) is 10.7. The van der Waals surface area contributed by atoms with Crippen molar-refractivity contribution in [2.75, 3.05) is 7.11 Å². The molecule has 0 saturated heterocycles. The zero-order valence-corrected chi connectivity index (χ0v) is 12.5. The highest BCUT2D eigenvalue weighted by Crippen LogP contribution is 2.12. The maximum atomic E-state index is 12.2. The van der Waals surface area contributed by atoms with Crippen LogP contribution in [0.3, 0.4) is 0 Å². The minimum atomic E-state index is -0.112. The molecule has 0 aliphatic heterocycles. The SMILES string of the molecule is COc1ccc(CNC(=O)c2ccn3cc(C)nc3c2)cc1. The van der Waals surface area contributed by atoms with Gasteiger partial charge in [0.1, 0.15) is 11.4 Å². The first-order valence-corrected chi connectivity index (χ1v) is 7.02. The van der Waals surface area contributed by atoms with E-state index >= 15 is 0 Å². The van der Waals surface area contributed by atoms with Crippen LogP contribution in [0.15, 0.2) is 48.8 Å². The number of nitrogens with zero attached hydrogens (tertiary/aromatic N) is 2. The molecule has 0 aliphatic carbocycles. The molecule has 112 valence electrons. The van der Waals surface area contributed by atoms with Gasteiger partial charge in [0.05, 0.1) is 12.8 Å². The Kier molecular flexibility index (Phi) is 3.78. The standard InChI is InChI=1S/C17H17N3O2/c1-12-11-20-8-7-14(9-16(20)19-12)17(21)18-10-13-3-5-15(22-2)6-4-13/h3-9,11H,10H2,1-2H3,(H,18,21). The Morgan fingerprint density at radius 3 is 2.77 bits per heavy atom. The Bertz CT molecular complexity index is 806. The van der Waals surface area contributed by atoms with Gasteiger partial charge in [0, 0.05) is 24.5 Å². The highest BCUT2D eigenvalue weighted by Gasteiger charge is 2.07. The van der Waals surface area contributed by atoms with E-state index in [-0.39, 0.29) is 5.91 Å². The molecule has 0 fully saturated rings. The third kappa shape index (κ3) is 2.93. The second-order valence-electron chi connectivity index (χ2n) is 5.09. The van der Waals surface area contributed by atoms with Gasteiger partial charge in [-0.25, -0.2) is 4.98 Å². The van der Waals surface area contributed by atoms with Gasteiger partial charge in [-0.05, 0) is 36.8 Å². The van der Waals surface area contributed by atoms with Crippen LogP contribution < -0.4 is 10.1 Å². The van der Waals surface area contributed by atoms with Gasteiger partial charge in [-0.1, -0.05) is 12.1 Å². The maximum Gasteiger partial charge on any atom is 0.251 e. The molecule has 0 radical (unpaired) electrons. The van der Waals surface area contributed by atoms with Gasteiger partial charge in [0.25, 0.3) is 5.91 Å². The molecule has 3 rings (SSSR count). The number of methoxy groups -OCH3 is 1. The zero-order chi connectivity index (χ0) is 15.5. The lowest BCUT2D eigenvalue weighted by atomic mass is 10.2. The van der Waals surface area contributed by atoms with Crippen molar-refractivity contribution in [3.63, 3.8) is 0 Å². The molecule has 2 aromatic heterocycles. The molecule has 22 heavy (non-hydrogen) atoms. The lowest BCUT2D eigenvalue weighted by molar-refractivity contribution is 0.0951. The van der Waals surface area contributed by atoms with Gasteiger partial charge in [-0.2, -0.15) is 0 Å². The normalized spacial score (nSPS) is 10.6. The van der Waals surface area contributed by atoms with Crippen molar-refractivity contribution in [2.24, 2.45) is 0 Å². The molecule has 3 aromatic rings. The molecule has 0 saturated carbocycles. The van der Waals surface area contributed by atoms with Gasteiger partial charge in [-0.15, -0.1) is 0 Å². The Balaban J connectivity index is 1.69. The number of imidazole rings is 1. The number of carbonyl (C=O) groups is 1. The smallest absolute Gasteiger partial charge is 0.251 e. The fraction of sp³-hybridized carbons (Fsp3) is 0.176. The number of aryl methyl sites for hydroxylation is 1. The van der Waals surface area contributed by atoms with Crippen molar-refractivity contribution in [1.82, 2.24) is 14.7 Å². The number of ether oxygens (including phenoxy) is 1. The predicted molar refractivity (Wildman–Crippen MR) is 84.1 cm³/mol. The van der Waals surface area contributed by atoms with Crippen LogP contribution in [0.4, 0.5) is 0 Å². The van der Waals surface area contributed by atoms with Crippen LogP contribution in [0.1, 0.15) is 21.6 Å². The van der Waals surface area contributed by atoms with Crippen molar-refractivity contribution in [3.8, 4) is 5.75 Å². The molecule has 1 amide bonds. The molecule has 0 aliphatic rings. The second kappa shape index (κ2) is 5.89. The van der Waals surface area contributed by atoms with Crippen LogP contribution in [-0.2, 0) is 6.54 Å². The number of hydrogen-bond donors (Lipinski definition) is 1. The minimum Gasteiger partial charge on any atom is -0.497 e. The molecule has 2 heterocycles. The van der Waals surface area contributed by atoms with E-state index in [1.54, 1.807) is 19.2 Å². The third-order valence-corrected chi connectivity index (χ3v) is 3.45. The first kappa shape index (κ1) is 14.1. The first-order valence-electron chi connectivity index (χ1n) is 7.02. The molecule has 0 atom stereocenters. The number of aromatic nitrogens is 2. The number of benzene rings is 1. The average Bonchev–Trinajstić information content (AvgIpc) is 2.92. The van der Waals surface area contributed by atoms with E-state index in [0.717, 1.165) is 22.7 Å². The summed E-state index contributed by atoms with van der Waals surface area (Å²) in [7, 11) is 1.63. The molecule has 1 aromatic carbocycles. The zero-order valence-electron chi connectivity index (χ0n) is 12.5. The Morgan fingerprint density at radius 1 is 1.27 bits per heavy atom. The third-order valence-electron chi connectivity index (χ3n) is 3.45. The Labute approximate surface area is 128 Å². The summed E-state index contributed by atoms with van der Waals surface area (Å²) >= 11 is 0. The summed E-state index contributed by atoms with van der Waals surface area (Å²) in [5.41, 5.74) is 3.32. The van der Waals surface area contributed by atoms with Crippen LogP contribution in [0.2, 0.25) is 0 Å². The summed E-state index contributed by atoms with van der Waals surface area (Å²) in [5.74, 6) is 0.689. The molecular weight excluding hydrogens is 278 g/mol. The Hall–Kier alpha value is -2.82. The second-order valence-corrected chi connectivity index (χ2v) is 5.09. The van der Waals surface area contributed by atoms with Crippen molar-refractivity contribution in [3.05, 3.63) is 65.6 Å². The van der Waals surface area contributed by atoms with Gasteiger partial charge < -0.3 is 14.5 Å². The quantitative estimate of drug-likeness (QED) is 0.805. The van der Waals surface area contributed by atoms with E-state index in [2.05, 4.69) is 10.3 Å². The lowest BCUT2D eigenvalue weighted by Crippen LogP contribution is -2.22. The largest absolute Gasteiger partial charge is 0.497 e. The summed E-state index contributed by atoms with van der Waals surface area (Å²) in [5, 5.41) is 2.91. The topological polar surface area (TPSA) is 55.6 Å². The van der Waals surface area contributed by atoms with Gasteiger partial charge in [0.2, 0.25) is 0 Å². The highest BCUT2D eigenvalue weighted by molar-refractivity contribution is 5.94. The maximum absolute atomic E-state index is 12.2.